The Morgan fingerprint density at radius 3 is 2.65 bits per heavy atom. The van der Waals surface area contributed by atoms with E-state index in [-0.39, 0.29) is 11.9 Å². The van der Waals surface area contributed by atoms with Gasteiger partial charge in [-0.1, -0.05) is 67.8 Å². The van der Waals surface area contributed by atoms with Crippen molar-refractivity contribution in [1.82, 2.24) is 9.88 Å². The van der Waals surface area contributed by atoms with E-state index in [2.05, 4.69) is 62.4 Å². The zero-order valence-electron chi connectivity index (χ0n) is 20.1. The Hall–Kier alpha value is -3.40. The first-order chi connectivity index (χ1) is 16.6. The Bertz CT molecular complexity index is 1290. The van der Waals surface area contributed by atoms with Gasteiger partial charge in [-0.2, -0.15) is 0 Å². The van der Waals surface area contributed by atoms with Crippen LogP contribution in [0.2, 0.25) is 0 Å². The molecule has 1 aromatic heterocycles. The highest BCUT2D eigenvalue weighted by Gasteiger charge is 2.34. The zero-order chi connectivity index (χ0) is 23.5. The molecule has 4 aromatic rings. The van der Waals surface area contributed by atoms with Gasteiger partial charge in [-0.25, -0.2) is 4.98 Å². The predicted molar refractivity (Wildman–Crippen MR) is 137 cm³/mol. The van der Waals surface area contributed by atoms with Crippen molar-refractivity contribution in [3.05, 3.63) is 89.3 Å². The van der Waals surface area contributed by atoms with Gasteiger partial charge in [0.15, 0.2) is 5.58 Å². The third-order valence-electron chi connectivity index (χ3n) is 6.82. The Labute approximate surface area is 201 Å². The van der Waals surface area contributed by atoms with Crippen LogP contribution in [0.1, 0.15) is 72.4 Å². The minimum Gasteiger partial charge on any atom is -0.438 e. The lowest BCUT2D eigenvalue weighted by atomic mass is 10.0. The molecule has 1 fully saturated rings. The van der Waals surface area contributed by atoms with E-state index in [0.29, 0.717) is 5.89 Å². The van der Waals surface area contributed by atoms with Crippen molar-refractivity contribution in [2.45, 2.75) is 58.4 Å². The number of hydrogen-bond donors (Lipinski definition) is 0. The molecular weight excluding hydrogens is 420 g/mol. The molecule has 2 heterocycles. The van der Waals surface area contributed by atoms with Gasteiger partial charge < -0.3 is 9.32 Å². The van der Waals surface area contributed by atoms with Gasteiger partial charge in [0, 0.05) is 12.1 Å². The van der Waals surface area contributed by atoms with Crippen molar-refractivity contribution in [3.8, 4) is 11.1 Å². The van der Waals surface area contributed by atoms with Crippen LogP contribution in [-0.4, -0.2) is 22.3 Å². The third-order valence-corrected chi connectivity index (χ3v) is 6.82. The second-order valence-electron chi connectivity index (χ2n) is 9.41. The van der Waals surface area contributed by atoms with Crippen molar-refractivity contribution in [2.24, 2.45) is 0 Å². The van der Waals surface area contributed by atoms with Crippen LogP contribution in [-0.2, 0) is 6.42 Å². The Morgan fingerprint density at radius 2 is 1.85 bits per heavy atom. The maximum Gasteiger partial charge on any atom is 0.254 e. The first kappa shape index (κ1) is 22.4. The Morgan fingerprint density at radius 1 is 1.03 bits per heavy atom. The number of rotatable bonds is 7. The fraction of sp³-hybridized carbons (Fsp3) is 0.333. The molecule has 5 rings (SSSR count). The summed E-state index contributed by atoms with van der Waals surface area (Å²) in [6.07, 6.45) is 6.56. The first-order valence-corrected chi connectivity index (χ1v) is 12.5. The van der Waals surface area contributed by atoms with E-state index in [1.54, 1.807) is 0 Å². The Balaban J connectivity index is 1.35. The lowest BCUT2D eigenvalue weighted by molar-refractivity contribution is 0.0717. The van der Waals surface area contributed by atoms with Gasteiger partial charge in [0.05, 0.1) is 0 Å². The molecule has 0 unspecified atom stereocenters. The number of nitrogens with zero attached hydrogens (tertiary/aromatic N) is 2. The smallest absolute Gasteiger partial charge is 0.254 e. The van der Waals surface area contributed by atoms with Gasteiger partial charge in [-0.3, -0.25) is 4.79 Å². The van der Waals surface area contributed by atoms with Gasteiger partial charge in [-0.15, -0.1) is 0 Å². The molecule has 0 saturated carbocycles. The monoisotopic (exact) mass is 452 g/mol. The van der Waals surface area contributed by atoms with Crippen LogP contribution in [0.15, 0.2) is 71.1 Å². The molecule has 174 valence electrons. The van der Waals surface area contributed by atoms with E-state index < -0.39 is 0 Å². The van der Waals surface area contributed by atoms with Crippen molar-refractivity contribution in [3.63, 3.8) is 0 Å². The minimum absolute atomic E-state index is 0.0605. The maximum atomic E-state index is 13.3. The number of carbonyl (C=O) groups is 1. The second kappa shape index (κ2) is 9.84. The molecule has 0 bridgehead atoms. The molecule has 4 nitrogen and oxygen atoms in total. The van der Waals surface area contributed by atoms with Crippen LogP contribution in [0, 0.1) is 6.92 Å². The molecule has 4 heteroatoms. The van der Waals surface area contributed by atoms with Gasteiger partial charge in [0.1, 0.15) is 11.6 Å². The fourth-order valence-corrected chi connectivity index (χ4v) is 4.92. The van der Waals surface area contributed by atoms with Crippen molar-refractivity contribution in [1.29, 1.82) is 0 Å². The molecule has 1 aliphatic heterocycles. The number of amides is 1. The molecule has 1 aliphatic rings. The van der Waals surface area contributed by atoms with Gasteiger partial charge in [0.25, 0.3) is 5.91 Å². The summed E-state index contributed by atoms with van der Waals surface area (Å²) < 4.78 is 6.15. The number of carbonyl (C=O) groups excluding carboxylic acids is 1. The standard InChI is InChI=1S/C30H32N2O2/c1-3-4-5-9-22-12-14-23(15-13-22)30(33)32-18-7-11-27(32)29-31-26-20-25(16-17-28(26)34-29)24-10-6-8-21(2)19-24/h6,8,10,12-17,19-20,27H,3-5,7,9,11,18H2,1-2H3/t27-/m1/s1. The molecule has 34 heavy (non-hydrogen) atoms. The van der Waals surface area contributed by atoms with Gasteiger partial charge >= 0.3 is 0 Å². The number of unbranched alkanes of at least 4 members (excludes halogenated alkanes) is 2. The quantitative estimate of drug-likeness (QED) is 0.273. The van der Waals surface area contributed by atoms with E-state index >= 15 is 0 Å². The molecule has 0 aliphatic carbocycles. The number of benzene rings is 3. The highest BCUT2D eigenvalue weighted by molar-refractivity contribution is 5.94. The van der Waals surface area contributed by atoms with E-state index in [1.165, 1.54) is 36.0 Å². The highest BCUT2D eigenvalue weighted by Crippen LogP contribution is 2.35. The van der Waals surface area contributed by atoms with E-state index in [9.17, 15) is 4.79 Å². The molecular formula is C30H32N2O2. The highest BCUT2D eigenvalue weighted by atomic mass is 16.3. The van der Waals surface area contributed by atoms with Crippen LogP contribution in [0.25, 0.3) is 22.2 Å². The SMILES string of the molecule is CCCCCc1ccc(C(=O)N2CCC[C@@H]2c2nc3cc(-c4cccc(C)c4)ccc3o2)cc1. The summed E-state index contributed by atoms with van der Waals surface area (Å²) in [5.74, 6) is 0.698. The summed E-state index contributed by atoms with van der Waals surface area (Å²) in [5, 5.41) is 0. The molecule has 0 spiro atoms. The molecule has 1 amide bonds. The number of fused-ring (bicyclic) bond motifs is 1. The van der Waals surface area contributed by atoms with Crippen LogP contribution < -0.4 is 0 Å². The normalized spacial score (nSPS) is 15.8. The van der Waals surface area contributed by atoms with Crippen molar-refractivity contribution < 1.29 is 9.21 Å². The maximum absolute atomic E-state index is 13.3. The average molecular weight is 453 g/mol. The third kappa shape index (κ3) is 4.63. The Kier molecular flexibility index (Phi) is 6.48. The van der Waals surface area contributed by atoms with E-state index in [1.807, 2.05) is 23.1 Å². The summed E-state index contributed by atoms with van der Waals surface area (Å²) in [4.78, 5) is 20.1. The molecule has 1 saturated heterocycles. The second-order valence-corrected chi connectivity index (χ2v) is 9.41. The molecule has 3 aromatic carbocycles. The summed E-state index contributed by atoms with van der Waals surface area (Å²) in [7, 11) is 0. The van der Waals surface area contributed by atoms with Crippen LogP contribution in [0.4, 0.5) is 0 Å². The summed E-state index contributed by atoms with van der Waals surface area (Å²) in [6, 6.07) is 22.6. The van der Waals surface area contributed by atoms with E-state index in [0.717, 1.165) is 48.0 Å². The number of hydrogen-bond acceptors (Lipinski definition) is 3. The number of aryl methyl sites for hydroxylation is 2. The molecule has 0 N–H and O–H groups in total. The summed E-state index contributed by atoms with van der Waals surface area (Å²) >= 11 is 0. The predicted octanol–water partition coefficient (Wildman–Crippen LogP) is 7.51. The number of likely N-dealkylation sites (tertiary alicyclic amines) is 1. The number of oxazole rings is 1. The van der Waals surface area contributed by atoms with E-state index in [4.69, 9.17) is 9.40 Å². The van der Waals surface area contributed by atoms with Crippen molar-refractivity contribution in [2.75, 3.05) is 6.54 Å². The summed E-state index contributed by atoms with van der Waals surface area (Å²) in [5.41, 5.74) is 7.16. The number of aromatic nitrogens is 1. The largest absolute Gasteiger partial charge is 0.438 e. The molecule has 1 atom stereocenters. The minimum atomic E-state index is -0.119. The first-order valence-electron chi connectivity index (χ1n) is 12.5. The molecule has 0 radical (unpaired) electrons. The topological polar surface area (TPSA) is 46.3 Å². The average Bonchev–Trinajstić information content (AvgIpc) is 3.51. The lowest BCUT2D eigenvalue weighted by Crippen LogP contribution is -2.30. The van der Waals surface area contributed by atoms with Crippen LogP contribution >= 0.6 is 0 Å². The lowest BCUT2D eigenvalue weighted by Gasteiger charge is -2.22. The fourth-order valence-electron chi connectivity index (χ4n) is 4.92. The summed E-state index contributed by atoms with van der Waals surface area (Å²) in [6.45, 7) is 5.05. The van der Waals surface area contributed by atoms with Gasteiger partial charge in [0.2, 0.25) is 5.89 Å². The zero-order valence-corrected chi connectivity index (χ0v) is 20.1. The van der Waals surface area contributed by atoms with Crippen LogP contribution in [0.3, 0.4) is 0 Å². The van der Waals surface area contributed by atoms with Crippen LogP contribution in [0.5, 0.6) is 0 Å². The van der Waals surface area contributed by atoms with Crippen molar-refractivity contribution >= 4 is 17.0 Å². The van der Waals surface area contributed by atoms with Gasteiger partial charge in [-0.05, 0) is 73.6 Å².